The van der Waals surface area contributed by atoms with Crippen LogP contribution in [-0.4, -0.2) is 12.8 Å². The van der Waals surface area contributed by atoms with Crippen molar-refractivity contribution in [2.24, 2.45) is 5.73 Å². The molecule has 1 aromatic rings. The maximum absolute atomic E-state index is 12.3. The summed E-state index contributed by atoms with van der Waals surface area (Å²) in [6.45, 7) is -1.93. The molecule has 0 aliphatic rings. The molecule has 0 spiro atoms. The summed E-state index contributed by atoms with van der Waals surface area (Å²) in [5.74, 6) is -0.303. The van der Waals surface area contributed by atoms with E-state index in [0.717, 1.165) is 6.07 Å². The molecule has 0 radical (unpaired) electrons. The third-order valence-electron chi connectivity index (χ3n) is 2.00. The highest BCUT2D eigenvalue weighted by Crippen LogP contribution is 2.32. The van der Waals surface area contributed by atoms with Crippen LogP contribution in [0.25, 0.3) is 0 Å². The summed E-state index contributed by atoms with van der Waals surface area (Å²) in [5.41, 5.74) is 4.06. The van der Waals surface area contributed by atoms with Gasteiger partial charge in [0.05, 0.1) is 5.56 Å². The fourth-order valence-electron chi connectivity index (χ4n) is 1.22. The lowest BCUT2D eigenvalue weighted by Gasteiger charge is -2.14. The molecule has 0 saturated heterocycles. The molecule has 0 unspecified atom stereocenters. The second kappa shape index (κ2) is 5.05. The molecule has 8 heteroatoms. The topological polar surface area (TPSA) is 35.2 Å². The maximum atomic E-state index is 12.3. The lowest BCUT2D eigenvalue weighted by atomic mass is 10.1. The Morgan fingerprint density at radius 3 is 2.11 bits per heavy atom. The van der Waals surface area contributed by atoms with Crippen LogP contribution in [0.4, 0.5) is 26.3 Å². The van der Waals surface area contributed by atoms with E-state index in [-0.39, 0.29) is 17.9 Å². The second-order valence-corrected chi connectivity index (χ2v) is 3.43. The minimum Gasteiger partial charge on any atom is -0.484 e. The maximum Gasteiger partial charge on any atom is 0.422 e. The molecule has 18 heavy (non-hydrogen) atoms. The number of ether oxygens (including phenoxy) is 1. The van der Waals surface area contributed by atoms with E-state index in [1.54, 1.807) is 0 Å². The first kappa shape index (κ1) is 14.6. The highest BCUT2D eigenvalue weighted by Gasteiger charge is 2.32. The SMILES string of the molecule is NCc1cc(C(F)(F)F)ccc1OCC(F)(F)F. The van der Waals surface area contributed by atoms with Gasteiger partial charge in [0.1, 0.15) is 5.75 Å². The number of hydrogen-bond acceptors (Lipinski definition) is 2. The van der Waals surface area contributed by atoms with Crippen molar-refractivity contribution in [1.29, 1.82) is 0 Å². The van der Waals surface area contributed by atoms with Gasteiger partial charge in [-0.3, -0.25) is 0 Å². The summed E-state index contributed by atoms with van der Waals surface area (Å²) >= 11 is 0. The van der Waals surface area contributed by atoms with E-state index >= 15 is 0 Å². The van der Waals surface area contributed by atoms with E-state index in [0.29, 0.717) is 12.1 Å². The fourth-order valence-corrected chi connectivity index (χ4v) is 1.22. The van der Waals surface area contributed by atoms with E-state index in [2.05, 4.69) is 4.74 Å². The van der Waals surface area contributed by atoms with Gasteiger partial charge in [0.25, 0.3) is 0 Å². The van der Waals surface area contributed by atoms with Crippen LogP contribution in [0.15, 0.2) is 18.2 Å². The highest BCUT2D eigenvalue weighted by molar-refractivity contribution is 5.38. The average Bonchev–Trinajstić information content (AvgIpc) is 2.23. The van der Waals surface area contributed by atoms with Crippen LogP contribution in [0.1, 0.15) is 11.1 Å². The van der Waals surface area contributed by atoms with Crippen LogP contribution in [0.5, 0.6) is 5.75 Å². The first-order chi connectivity index (χ1) is 8.13. The van der Waals surface area contributed by atoms with Crippen LogP contribution >= 0.6 is 0 Å². The average molecular weight is 273 g/mol. The van der Waals surface area contributed by atoms with E-state index in [1.165, 1.54) is 0 Å². The van der Waals surface area contributed by atoms with Gasteiger partial charge in [-0.25, -0.2) is 0 Å². The number of hydrogen-bond donors (Lipinski definition) is 1. The van der Waals surface area contributed by atoms with Gasteiger partial charge >= 0.3 is 12.4 Å². The minimum atomic E-state index is -4.58. The van der Waals surface area contributed by atoms with Crippen LogP contribution < -0.4 is 10.5 Å². The van der Waals surface area contributed by atoms with Gasteiger partial charge in [0.2, 0.25) is 0 Å². The Kier molecular flexibility index (Phi) is 4.10. The van der Waals surface area contributed by atoms with E-state index in [9.17, 15) is 26.3 Å². The molecule has 2 N–H and O–H groups in total. The van der Waals surface area contributed by atoms with Crippen molar-refractivity contribution in [1.82, 2.24) is 0 Å². The summed E-state index contributed by atoms with van der Waals surface area (Å²) in [7, 11) is 0. The molecule has 0 aliphatic carbocycles. The number of halogens is 6. The van der Waals surface area contributed by atoms with Crippen LogP contribution in [0.3, 0.4) is 0 Å². The minimum absolute atomic E-state index is 0.130. The normalized spacial score (nSPS) is 12.6. The lowest BCUT2D eigenvalue weighted by molar-refractivity contribution is -0.153. The lowest BCUT2D eigenvalue weighted by Crippen LogP contribution is -2.20. The van der Waals surface area contributed by atoms with Gasteiger partial charge in [0.15, 0.2) is 6.61 Å². The van der Waals surface area contributed by atoms with E-state index in [4.69, 9.17) is 5.73 Å². The molecule has 0 aliphatic heterocycles. The van der Waals surface area contributed by atoms with Gasteiger partial charge in [-0.1, -0.05) is 0 Å². The van der Waals surface area contributed by atoms with Gasteiger partial charge < -0.3 is 10.5 Å². The number of alkyl halides is 6. The summed E-state index contributed by atoms with van der Waals surface area (Å²) in [6, 6.07) is 2.15. The van der Waals surface area contributed by atoms with Crippen molar-refractivity contribution in [2.75, 3.05) is 6.61 Å². The quantitative estimate of drug-likeness (QED) is 0.859. The second-order valence-electron chi connectivity index (χ2n) is 3.43. The molecule has 0 heterocycles. The van der Waals surface area contributed by atoms with Crippen LogP contribution in [0.2, 0.25) is 0 Å². The van der Waals surface area contributed by atoms with E-state index in [1.807, 2.05) is 0 Å². The molecular formula is C10H9F6NO. The summed E-state index contributed by atoms with van der Waals surface area (Å²) in [6.07, 6.45) is -9.14. The van der Waals surface area contributed by atoms with Crippen molar-refractivity contribution in [2.45, 2.75) is 18.9 Å². The summed E-state index contributed by atoms with van der Waals surface area (Å²) in [4.78, 5) is 0. The van der Waals surface area contributed by atoms with Gasteiger partial charge in [0, 0.05) is 12.1 Å². The summed E-state index contributed by atoms with van der Waals surface area (Å²) in [5, 5.41) is 0. The summed E-state index contributed by atoms with van der Waals surface area (Å²) < 4.78 is 77.2. The predicted octanol–water partition coefficient (Wildman–Crippen LogP) is 3.11. The van der Waals surface area contributed by atoms with Crippen molar-refractivity contribution in [3.63, 3.8) is 0 Å². The van der Waals surface area contributed by atoms with Crippen molar-refractivity contribution in [3.05, 3.63) is 29.3 Å². The Balaban J connectivity index is 2.94. The standard InChI is InChI=1S/C10H9F6NO/c11-9(12,13)5-18-8-2-1-7(10(14,15)16)3-6(8)4-17/h1-3H,4-5,17H2. The zero-order valence-corrected chi connectivity index (χ0v) is 8.90. The first-order valence-corrected chi connectivity index (χ1v) is 4.73. The molecule has 1 rings (SSSR count). The Bertz CT molecular complexity index is 412. The van der Waals surface area contributed by atoms with Crippen molar-refractivity contribution in [3.8, 4) is 5.75 Å². The predicted molar refractivity (Wildman–Crippen MR) is 50.9 cm³/mol. The smallest absolute Gasteiger partial charge is 0.422 e. The van der Waals surface area contributed by atoms with Gasteiger partial charge in [-0.2, -0.15) is 26.3 Å². The fraction of sp³-hybridized carbons (Fsp3) is 0.400. The third-order valence-corrected chi connectivity index (χ3v) is 2.00. The van der Waals surface area contributed by atoms with Crippen molar-refractivity contribution < 1.29 is 31.1 Å². The molecular weight excluding hydrogens is 264 g/mol. The Morgan fingerprint density at radius 1 is 1.06 bits per heavy atom. The Labute approximate surface area is 98.3 Å². The Hall–Kier alpha value is -1.44. The van der Waals surface area contributed by atoms with Crippen LogP contribution in [-0.2, 0) is 12.7 Å². The molecule has 1 aromatic carbocycles. The van der Waals surface area contributed by atoms with E-state index < -0.39 is 24.5 Å². The van der Waals surface area contributed by atoms with Gasteiger partial charge in [-0.15, -0.1) is 0 Å². The number of rotatable bonds is 3. The molecule has 2 nitrogen and oxygen atoms in total. The third kappa shape index (κ3) is 4.10. The van der Waals surface area contributed by atoms with Crippen molar-refractivity contribution >= 4 is 0 Å². The highest BCUT2D eigenvalue weighted by atomic mass is 19.4. The zero-order chi connectivity index (χ0) is 14.0. The molecule has 0 fully saturated rings. The number of benzene rings is 1. The number of nitrogens with two attached hydrogens (primary N) is 1. The molecule has 102 valence electrons. The Morgan fingerprint density at radius 2 is 1.67 bits per heavy atom. The first-order valence-electron chi connectivity index (χ1n) is 4.73. The van der Waals surface area contributed by atoms with Gasteiger partial charge in [-0.05, 0) is 18.2 Å². The van der Waals surface area contributed by atoms with Crippen LogP contribution in [0, 0.1) is 0 Å². The zero-order valence-electron chi connectivity index (χ0n) is 8.90. The monoisotopic (exact) mass is 273 g/mol. The molecule has 0 amide bonds. The molecule has 0 atom stereocenters. The molecule has 0 aromatic heterocycles. The largest absolute Gasteiger partial charge is 0.484 e. The molecule has 0 saturated carbocycles. The molecule has 0 bridgehead atoms.